The van der Waals surface area contributed by atoms with Crippen molar-refractivity contribution in [2.24, 2.45) is 0 Å². The minimum absolute atomic E-state index is 0.146. The van der Waals surface area contributed by atoms with E-state index in [1.807, 2.05) is 19.1 Å². The molecule has 0 spiro atoms. The summed E-state index contributed by atoms with van der Waals surface area (Å²) >= 11 is 1.39. The quantitative estimate of drug-likeness (QED) is 0.561. The first-order valence-corrected chi connectivity index (χ1v) is 11.0. The Morgan fingerprint density at radius 3 is 2.83 bits per heavy atom. The van der Waals surface area contributed by atoms with Crippen molar-refractivity contribution in [2.75, 3.05) is 5.32 Å². The molecule has 1 aliphatic rings. The van der Waals surface area contributed by atoms with Gasteiger partial charge in [0.15, 0.2) is 10.9 Å². The van der Waals surface area contributed by atoms with Gasteiger partial charge in [-0.15, -0.1) is 10.2 Å². The Kier molecular flexibility index (Phi) is 6.19. The average molecular weight is 422 g/mol. The molecule has 1 N–H and O–H groups in total. The lowest BCUT2D eigenvalue weighted by atomic mass is 9.95. The summed E-state index contributed by atoms with van der Waals surface area (Å²) in [6.07, 6.45) is 7.37. The van der Waals surface area contributed by atoms with Crippen LogP contribution in [0.15, 0.2) is 52.2 Å². The Hall–Kier alpha value is -3.05. The molecule has 30 heavy (non-hydrogen) atoms. The molecule has 0 unspecified atom stereocenters. The molecule has 8 heteroatoms. The zero-order valence-corrected chi connectivity index (χ0v) is 17.6. The van der Waals surface area contributed by atoms with Gasteiger partial charge in [0, 0.05) is 11.7 Å². The largest absolute Gasteiger partial charge is 0.461 e. The molecule has 3 aromatic rings. The summed E-state index contributed by atoms with van der Waals surface area (Å²) in [6.45, 7) is 1.85. The Morgan fingerprint density at radius 2 is 2.10 bits per heavy atom. The topological polar surface area (TPSA) is 96.7 Å². The van der Waals surface area contributed by atoms with Crippen LogP contribution in [-0.4, -0.2) is 25.9 Å². The first kappa shape index (κ1) is 20.2. The van der Waals surface area contributed by atoms with E-state index in [2.05, 4.69) is 26.2 Å². The lowest BCUT2D eigenvalue weighted by Crippen LogP contribution is -2.23. The molecular formula is C22H23N5O2S. The van der Waals surface area contributed by atoms with Crippen LogP contribution in [0.4, 0.5) is 5.69 Å². The highest BCUT2D eigenvalue weighted by Crippen LogP contribution is 2.36. The molecule has 1 fully saturated rings. The van der Waals surface area contributed by atoms with E-state index >= 15 is 0 Å². The predicted octanol–water partition coefficient (Wildman–Crippen LogP) is 5.03. The highest BCUT2D eigenvalue weighted by Gasteiger charge is 2.27. The van der Waals surface area contributed by atoms with Crippen LogP contribution in [0.25, 0.3) is 11.6 Å². The van der Waals surface area contributed by atoms with Crippen molar-refractivity contribution in [3.05, 3.63) is 48.2 Å². The molecule has 4 rings (SSSR count). The molecule has 1 aliphatic carbocycles. The smallest absolute Gasteiger partial charge is 0.237 e. The number of carbonyl (C=O) groups is 1. The van der Waals surface area contributed by atoms with Gasteiger partial charge in [0.1, 0.15) is 0 Å². The molecule has 1 aromatic carbocycles. The minimum Gasteiger partial charge on any atom is -0.461 e. The fourth-order valence-electron chi connectivity index (χ4n) is 3.72. The molecule has 0 bridgehead atoms. The van der Waals surface area contributed by atoms with Gasteiger partial charge in [0.25, 0.3) is 0 Å². The van der Waals surface area contributed by atoms with Crippen LogP contribution >= 0.6 is 11.8 Å². The average Bonchev–Trinajstić information content (AvgIpc) is 3.44. The highest BCUT2D eigenvalue weighted by molar-refractivity contribution is 8.00. The van der Waals surface area contributed by atoms with Crippen LogP contribution in [0.2, 0.25) is 0 Å². The molecule has 0 aliphatic heterocycles. The minimum atomic E-state index is -0.383. The molecule has 154 valence electrons. The van der Waals surface area contributed by atoms with Crippen LogP contribution < -0.4 is 5.32 Å². The number of thioether (sulfide) groups is 1. The van der Waals surface area contributed by atoms with E-state index in [1.54, 1.807) is 30.5 Å². The van der Waals surface area contributed by atoms with Gasteiger partial charge in [-0.25, -0.2) is 0 Å². The molecule has 2 aromatic heterocycles. The third-order valence-corrected chi connectivity index (χ3v) is 6.31. The van der Waals surface area contributed by atoms with E-state index in [-0.39, 0.29) is 11.2 Å². The van der Waals surface area contributed by atoms with Crippen molar-refractivity contribution in [1.82, 2.24) is 14.8 Å². The second kappa shape index (κ2) is 9.18. The molecule has 0 radical (unpaired) electrons. The molecule has 1 atom stereocenters. The number of hydrogen-bond acceptors (Lipinski definition) is 6. The van der Waals surface area contributed by atoms with Crippen LogP contribution in [0, 0.1) is 11.3 Å². The summed E-state index contributed by atoms with van der Waals surface area (Å²) < 4.78 is 7.72. The maximum atomic E-state index is 12.7. The second-order valence-corrected chi connectivity index (χ2v) is 8.70. The number of amides is 1. The molecule has 0 saturated heterocycles. The second-order valence-electron chi connectivity index (χ2n) is 7.39. The summed E-state index contributed by atoms with van der Waals surface area (Å²) in [6, 6.07) is 13.0. The number of nitriles is 1. The fraction of sp³-hybridized carbons (Fsp3) is 0.364. The van der Waals surface area contributed by atoms with Crippen LogP contribution in [0.1, 0.15) is 50.6 Å². The van der Waals surface area contributed by atoms with E-state index in [1.165, 1.54) is 31.0 Å². The predicted molar refractivity (Wildman–Crippen MR) is 115 cm³/mol. The molecule has 1 saturated carbocycles. The zero-order chi connectivity index (χ0) is 20.9. The van der Waals surface area contributed by atoms with E-state index in [0.29, 0.717) is 28.9 Å². The monoisotopic (exact) mass is 421 g/mol. The number of furan rings is 1. The lowest BCUT2D eigenvalue weighted by molar-refractivity contribution is -0.115. The highest BCUT2D eigenvalue weighted by atomic mass is 32.2. The van der Waals surface area contributed by atoms with Gasteiger partial charge >= 0.3 is 0 Å². The van der Waals surface area contributed by atoms with Crippen molar-refractivity contribution in [3.63, 3.8) is 0 Å². The van der Waals surface area contributed by atoms with Crippen molar-refractivity contribution >= 4 is 23.4 Å². The zero-order valence-electron chi connectivity index (χ0n) is 16.7. The van der Waals surface area contributed by atoms with Gasteiger partial charge in [-0.05, 0) is 50.1 Å². The van der Waals surface area contributed by atoms with Gasteiger partial charge in [0.05, 0.1) is 23.1 Å². The van der Waals surface area contributed by atoms with E-state index in [4.69, 9.17) is 9.68 Å². The normalized spacial score (nSPS) is 15.5. The number of nitrogens with one attached hydrogen (secondary N) is 1. The standard InChI is InChI=1S/C22H23N5O2S/c1-15(21(28)24-17-8-5-7-16(13-17)14-23)30-22-26-25-20(19-11-6-12-29-19)27(22)18-9-3-2-4-10-18/h5-8,11-13,15,18H,2-4,9-10H2,1H3,(H,24,28)/t15-/m1/s1. The third-order valence-electron chi connectivity index (χ3n) is 5.26. The van der Waals surface area contributed by atoms with E-state index < -0.39 is 0 Å². The maximum Gasteiger partial charge on any atom is 0.237 e. The van der Waals surface area contributed by atoms with Gasteiger partial charge in [-0.1, -0.05) is 37.1 Å². The lowest BCUT2D eigenvalue weighted by Gasteiger charge is -2.25. The van der Waals surface area contributed by atoms with E-state index in [9.17, 15) is 4.79 Å². The van der Waals surface area contributed by atoms with E-state index in [0.717, 1.165) is 18.0 Å². The first-order valence-electron chi connectivity index (χ1n) is 10.1. The summed E-state index contributed by atoms with van der Waals surface area (Å²) in [7, 11) is 0. The third kappa shape index (κ3) is 4.41. The number of benzene rings is 1. The number of hydrogen-bond donors (Lipinski definition) is 1. The Labute approximate surface area is 179 Å². The summed E-state index contributed by atoms with van der Waals surface area (Å²) in [4.78, 5) is 12.7. The van der Waals surface area contributed by atoms with Gasteiger partial charge in [0.2, 0.25) is 11.7 Å². The van der Waals surface area contributed by atoms with Crippen LogP contribution in [0.3, 0.4) is 0 Å². The van der Waals surface area contributed by atoms with Crippen molar-refractivity contribution in [1.29, 1.82) is 5.26 Å². The Bertz CT molecular complexity index is 1050. The van der Waals surface area contributed by atoms with Crippen molar-refractivity contribution < 1.29 is 9.21 Å². The van der Waals surface area contributed by atoms with Gasteiger partial charge < -0.3 is 9.73 Å². The number of carbonyl (C=O) groups excluding carboxylic acids is 1. The van der Waals surface area contributed by atoms with Crippen molar-refractivity contribution in [2.45, 2.75) is 55.5 Å². The van der Waals surface area contributed by atoms with Crippen molar-refractivity contribution in [3.8, 4) is 17.7 Å². The number of rotatable bonds is 6. The summed E-state index contributed by atoms with van der Waals surface area (Å²) in [5.74, 6) is 1.25. The molecule has 2 heterocycles. The number of aromatic nitrogens is 3. The van der Waals surface area contributed by atoms with Gasteiger partial charge in [-0.2, -0.15) is 5.26 Å². The summed E-state index contributed by atoms with van der Waals surface area (Å²) in [5.41, 5.74) is 1.12. The molecular weight excluding hydrogens is 398 g/mol. The molecule has 7 nitrogen and oxygen atoms in total. The first-order chi connectivity index (χ1) is 14.7. The van der Waals surface area contributed by atoms with Gasteiger partial charge in [-0.3, -0.25) is 9.36 Å². The SMILES string of the molecule is C[C@@H](Sc1nnc(-c2ccco2)n1C1CCCCC1)C(=O)Nc1cccc(C#N)c1. The number of anilines is 1. The number of nitrogens with zero attached hydrogens (tertiary/aromatic N) is 4. The van der Waals surface area contributed by atoms with Crippen LogP contribution in [0.5, 0.6) is 0 Å². The Balaban J connectivity index is 1.54. The Morgan fingerprint density at radius 1 is 1.27 bits per heavy atom. The van der Waals surface area contributed by atoms with Crippen LogP contribution in [-0.2, 0) is 4.79 Å². The fourth-order valence-corrected chi connectivity index (χ4v) is 4.64. The maximum absolute atomic E-state index is 12.7. The molecule has 1 amide bonds. The summed E-state index contributed by atoms with van der Waals surface area (Å²) in [5, 5.41) is 21.0.